The Labute approximate surface area is 116 Å². The van der Waals surface area contributed by atoms with E-state index >= 15 is 0 Å². The number of hydrogen-bond donors (Lipinski definition) is 1. The third-order valence-electron chi connectivity index (χ3n) is 1.97. The Kier molecular flexibility index (Phi) is 17.6. The molecule has 0 aliphatic rings. The van der Waals surface area contributed by atoms with Crippen LogP contribution in [0.15, 0.2) is 12.2 Å². The van der Waals surface area contributed by atoms with E-state index in [1.165, 1.54) is 0 Å². The van der Waals surface area contributed by atoms with Crippen molar-refractivity contribution in [2.75, 3.05) is 19.8 Å². The van der Waals surface area contributed by atoms with Crippen molar-refractivity contribution in [2.24, 2.45) is 0 Å². The quantitative estimate of drug-likeness (QED) is 0.398. The Balaban J connectivity index is -0.00000128. The molecule has 0 radical (unpaired) electrons. The Hall–Kier alpha value is -1.36. The molecule has 1 N–H and O–H groups in total. The van der Waals surface area contributed by atoms with E-state index in [2.05, 4.69) is 6.58 Å². The van der Waals surface area contributed by atoms with E-state index in [1.54, 1.807) is 6.92 Å². The lowest BCUT2D eigenvalue weighted by Crippen LogP contribution is -2.14. The number of ether oxygens (including phenoxy) is 2. The first-order valence-corrected chi connectivity index (χ1v) is 5.67. The zero-order chi connectivity index (χ0) is 13.1. The van der Waals surface area contributed by atoms with Crippen molar-refractivity contribution < 1.29 is 24.2 Å². The minimum atomic E-state index is -0.482. The summed E-state index contributed by atoms with van der Waals surface area (Å²) in [5, 5.41) is 8.53. The summed E-state index contributed by atoms with van der Waals surface area (Å²) in [5.41, 5.74) is 0.320. The molecule has 114 valence electrons. The molecule has 0 aromatic carbocycles. The van der Waals surface area contributed by atoms with Crippen molar-refractivity contribution in [2.45, 2.75) is 47.5 Å². The van der Waals surface area contributed by atoms with Crippen molar-refractivity contribution in [3.05, 3.63) is 12.2 Å². The van der Waals surface area contributed by atoms with Crippen molar-refractivity contribution in [1.29, 1.82) is 0 Å². The average Bonchev–Trinajstić information content (AvgIpc) is 2.29. The minimum Gasteiger partial charge on any atom is -0.462 e. The van der Waals surface area contributed by atoms with Crippen LogP contribution in [-0.2, 0) is 19.1 Å². The molecule has 0 saturated carbocycles. The molecular weight excluding hydrogens is 248 g/mol. The van der Waals surface area contributed by atoms with Crippen LogP contribution in [-0.4, -0.2) is 36.9 Å². The fraction of sp³-hybridized carbons (Fsp3) is 0.714. The summed E-state index contributed by atoms with van der Waals surface area (Å²) in [7, 11) is 0. The highest BCUT2D eigenvalue weighted by atomic mass is 16.6. The van der Waals surface area contributed by atoms with Gasteiger partial charge in [0.25, 0.3) is 0 Å². The van der Waals surface area contributed by atoms with Crippen molar-refractivity contribution >= 4 is 11.9 Å². The molecule has 0 aliphatic carbocycles. The number of rotatable bonds is 9. The van der Waals surface area contributed by atoms with Crippen molar-refractivity contribution in [3.8, 4) is 0 Å². The van der Waals surface area contributed by atoms with Crippen LogP contribution in [0.5, 0.6) is 0 Å². The van der Waals surface area contributed by atoms with Gasteiger partial charge in [-0.05, 0) is 19.8 Å². The summed E-state index contributed by atoms with van der Waals surface area (Å²) >= 11 is 0. The van der Waals surface area contributed by atoms with Gasteiger partial charge >= 0.3 is 11.9 Å². The van der Waals surface area contributed by atoms with E-state index in [9.17, 15) is 9.59 Å². The number of esters is 2. The van der Waals surface area contributed by atoms with E-state index in [0.717, 1.165) is 6.42 Å². The maximum Gasteiger partial charge on any atom is 0.333 e. The highest BCUT2D eigenvalue weighted by Gasteiger charge is 2.05. The molecule has 0 aliphatic heterocycles. The molecule has 0 atom stereocenters. The van der Waals surface area contributed by atoms with Gasteiger partial charge in [-0.15, -0.1) is 0 Å². The monoisotopic (exact) mass is 276 g/mol. The third-order valence-corrected chi connectivity index (χ3v) is 1.97. The van der Waals surface area contributed by atoms with Gasteiger partial charge in [-0.2, -0.15) is 0 Å². The molecule has 0 amide bonds. The van der Waals surface area contributed by atoms with E-state index in [-0.39, 0.29) is 40.6 Å². The summed E-state index contributed by atoms with van der Waals surface area (Å²) in [4.78, 5) is 22.1. The van der Waals surface area contributed by atoms with Crippen LogP contribution in [0.3, 0.4) is 0 Å². The maximum absolute atomic E-state index is 11.1. The van der Waals surface area contributed by atoms with Gasteiger partial charge in [-0.25, -0.2) is 4.79 Å². The van der Waals surface area contributed by atoms with Gasteiger partial charge in [-0.1, -0.05) is 27.9 Å². The molecular formula is C14H28O5. The molecule has 5 nitrogen and oxygen atoms in total. The second kappa shape index (κ2) is 14.7. The summed E-state index contributed by atoms with van der Waals surface area (Å²) in [6.07, 6.45) is 2.53. The van der Waals surface area contributed by atoms with Crippen LogP contribution in [0.1, 0.15) is 47.5 Å². The first-order valence-electron chi connectivity index (χ1n) is 5.67. The van der Waals surface area contributed by atoms with Gasteiger partial charge in [0.15, 0.2) is 0 Å². The van der Waals surface area contributed by atoms with E-state index in [4.69, 9.17) is 14.6 Å². The molecule has 0 spiro atoms. The molecule has 0 aromatic rings. The molecule has 19 heavy (non-hydrogen) atoms. The van der Waals surface area contributed by atoms with Crippen LogP contribution < -0.4 is 0 Å². The second-order valence-electron chi connectivity index (χ2n) is 3.67. The first-order chi connectivity index (χ1) is 8.07. The van der Waals surface area contributed by atoms with Gasteiger partial charge in [-0.3, -0.25) is 4.79 Å². The van der Waals surface area contributed by atoms with E-state index in [0.29, 0.717) is 24.8 Å². The highest BCUT2D eigenvalue weighted by molar-refractivity contribution is 5.86. The molecule has 0 rings (SSSR count). The summed E-state index contributed by atoms with van der Waals surface area (Å²) in [5.74, 6) is -0.793. The van der Waals surface area contributed by atoms with Gasteiger partial charge in [0.1, 0.15) is 13.2 Å². The average molecular weight is 276 g/mol. The van der Waals surface area contributed by atoms with Crippen LogP contribution >= 0.6 is 0 Å². The van der Waals surface area contributed by atoms with Gasteiger partial charge < -0.3 is 14.6 Å². The molecule has 0 aromatic heterocycles. The van der Waals surface area contributed by atoms with Crippen LogP contribution in [0, 0.1) is 0 Å². The van der Waals surface area contributed by atoms with Crippen LogP contribution in [0.4, 0.5) is 0 Å². The lowest BCUT2D eigenvalue weighted by atomic mass is 10.2. The maximum atomic E-state index is 11.1. The van der Waals surface area contributed by atoms with Crippen LogP contribution in [0.2, 0.25) is 0 Å². The Morgan fingerprint density at radius 3 is 2.16 bits per heavy atom. The van der Waals surface area contributed by atoms with Gasteiger partial charge in [0.05, 0.1) is 0 Å². The molecule has 0 unspecified atom stereocenters. The summed E-state index contributed by atoms with van der Waals surface area (Å²) < 4.78 is 9.59. The zero-order valence-corrected chi connectivity index (χ0v) is 10.2. The van der Waals surface area contributed by atoms with E-state index < -0.39 is 5.97 Å². The SMILES string of the molecule is C.C.C=C(C)C(=O)OCCOC(=O)CCCCCO. The van der Waals surface area contributed by atoms with Gasteiger partial charge in [0, 0.05) is 18.6 Å². The summed E-state index contributed by atoms with van der Waals surface area (Å²) in [6.45, 7) is 5.24. The molecule has 0 heterocycles. The lowest BCUT2D eigenvalue weighted by Gasteiger charge is -2.06. The lowest BCUT2D eigenvalue weighted by molar-refractivity contribution is -0.150. The number of aliphatic hydroxyl groups is 1. The smallest absolute Gasteiger partial charge is 0.333 e. The fourth-order valence-electron chi connectivity index (χ4n) is 1.04. The topological polar surface area (TPSA) is 72.8 Å². The number of aliphatic hydroxyl groups excluding tert-OH is 1. The molecule has 5 heteroatoms. The Bertz CT molecular complexity index is 261. The van der Waals surface area contributed by atoms with E-state index in [1.807, 2.05) is 0 Å². The Morgan fingerprint density at radius 1 is 1.05 bits per heavy atom. The molecule has 0 fully saturated rings. The second-order valence-corrected chi connectivity index (χ2v) is 3.67. The third kappa shape index (κ3) is 14.6. The van der Waals surface area contributed by atoms with Crippen molar-refractivity contribution in [3.63, 3.8) is 0 Å². The van der Waals surface area contributed by atoms with Crippen molar-refractivity contribution in [1.82, 2.24) is 0 Å². The normalized spacial score (nSPS) is 8.74. The number of carbonyl (C=O) groups is 2. The predicted molar refractivity (Wildman–Crippen MR) is 75.7 cm³/mol. The van der Waals surface area contributed by atoms with Crippen LogP contribution in [0.25, 0.3) is 0 Å². The predicted octanol–water partition coefficient (Wildman–Crippen LogP) is 2.47. The number of unbranched alkanes of at least 4 members (excludes halogenated alkanes) is 2. The number of carbonyl (C=O) groups excluding carboxylic acids is 2. The standard InChI is InChI=1S/C12H20O5.2CH4/c1-10(2)12(15)17-9-8-16-11(14)6-4-3-5-7-13;;/h13H,1,3-9H2,2H3;2*1H4. The highest BCUT2D eigenvalue weighted by Crippen LogP contribution is 2.00. The first kappa shape index (κ1) is 22.8. The Morgan fingerprint density at radius 2 is 1.63 bits per heavy atom. The minimum absolute atomic E-state index is 0. The summed E-state index contributed by atoms with van der Waals surface area (Å²) in [6, 6.07) is 0. The number of hydrogen-bond acceptors (Lipinski definition) is 5. The zero-order valence-electron chi connectivity index (χ0n) is 10.2. The largest absolute Gasteiger partial charge is 0.462 e. The van der Waals surface area contributed by atoms with Gasteiger partial charge in [0.2, 0.25) is 0 Å². The fourth-order valence-corrected chi connectivity index (χ4v) is 1.04. The molecule has 0 saturated heterocycles. The molecule has 0 bridgehead atoms.